The third-order valence-electron chi connectivity index (χ3n) is 2.52. The molecule has 0 aliphatic carbocycles. The Morgan fingerprint density at radius 2 is 1.71 bits per heavy atom. The maximum absolute atomic E-state index is 10.8. The number of rotatable bonds is 3. The fourth-order valence-corrected chi connectivity index (χ4v) is 1.66. The number of phenols is 1. The highest BCUT2D eigenvalue weighted by Gasteiger charge is 2.03. The number of phenolic OH excluding ortho intramolecular Hbond substituents is 1. The molecule has 2 N–H and O–H groups in total. The van der Waals surface area contributed by atoms with Crippen molar-refractivity contribution < 1.29 is 15.0 Å². The summed E-state index contributed by atoms with van der Waals surface area (Å²) in [6.45, 7) is 0. The second kappa shape index (κ2) is 4.70. The molecule has 0 saturated heterocycles. The highest BCUT2D eigenvalue weighted by atomic mass is 16.4. The fraction of sp³-hybridized carbons (Fsp3) is 0.0714. The van der Waals surface area contributed by atoms with Gasteiger partial charge in [0.15, 0.2) is 0 Å². The summed E-state index contributed by atoms with van der Waals surface area (Å²) in [4.78, 5) is 10.8. The largest absolute Gasteiger partial charge is 0.508 e. The maximum atomic E-state index is 10.8. The van der Waals surface area contributed by atoms with Gasteiger partial charge in [0.25, 0.3) is 0 Å². The molecule has 86 valence electrons. The third-order valence-corrected chi connectivity index (χ3v) is 2.52. The van der Waals surface area contributed by atoms with E-state index in [0.717, 1.165) is 11.1 Å². The lowest BCUT2D eigenvalue weighted by Gasteiger charge is -2.03. The van der Waals surface area contributed by atoms with Crippen LogP contribution in [0.1, 0.15) is 21.5 Å². The highest BCUT2D eigenvalue weighted by Crippen LogP contribution is 2.14. The van der Waals surface area contributed by atoms with Gasteiger partial charge in [0, 0.05) is 0 Å². The smallest absolute Gasteiger partial charge is 0.335 e. The number of benzene rings is 2. The molecule has 2 aromatic carbocycles. The normalized spacial score (nSPS) is 10.1. The molecule has 0 amide bonds. The summed E-state index contributed by atoms with van der Waals surface area (Å²) in [6, 6.07) is 13.7. The summed E-state index contributed by atoms with van der Waals surface area (Å²) in [5.41, 5.74) is 2.27. The molecule has 0 unspecified atom stereocenters. The van der Waals surface area contributed by atoms with Crippen molar-refractivity contribution >= 4 is 5.97 Å². The van der Waals surface area contributed by atoms with Crippen molar-refractivity contribution in [3.05, 3.63) is 65.2 Å². The zero-order valence-corrected chi connectivity index (χ0v) is 9.13. The lowest BCUT2D eigenvalue weighted by atomic mass is 10.0. The van der Waals surface area contributed by atoms with Gasteiger partial charge in [-0.05, 0) is 41.8 Å². The number of hydrogen-bond acceptors (Lipinski definition) is 2. The molecule has 0 radical (unpaired) electrons. The van der Waals surface area contributed by atoms with E-state index in [-0.39, 0.29) is 5.75 Å². The van der Waals surface area contributed by atoms with Crippen molar-refractivity contribution in [1.82, 2.24) is 0 Å². The fourth-order valence-electron chi connectivity index (χ4n) is 1.66. The van der Waals surface area contributed by atoms with E-state index in [9.17, 15) is 4.79 Å². The van der Waals surface area contributed by atoms with Gasteiger partial charge in [0.05, 0.1) is 5.56 Å². The van der Waals surface area contributed by atoms with Crippen molar-refractivity contribution in [2.75, 3.05) is 0 Å². The predicted molar refractivity (Wildman–Crippen MR) is 64.3 cm³/mol. The van der Waals surface area contributed by atoms with Crippen molar-refractivity contribution in [3.63, 3.8) is 0 Å². The standard InChI is InChI=1S/C14H12O3/c15-13-6-4-10(5-7-13)8-11-2-1-3-12(9-11)14(16)17/h1-7,9,15H,8H2,(H,16,17). The van der Waals surface area contributed by atoms with Crippen LogP contribution in [0.3, 0.4) is 0 Å². The van der Waals surface area contributed by atoms with E-state index in [1.807, 2.05) is 18.2 Å². The average molecular weight is 228 g/mol. The molecule has 3 nitrogen and oxygen atoms in total. The van der Waals surface area contributed by atoms with Crippen LogP contribution >= 0.6 is 0 Å². The molecule has 2 aromatic rings. The van der Waals surface area contributed by atoms with Gasteiger partial charge in [-0.2, -0.15) is 0 Å². The van der Waals surface area contributed by atoms with Gasteiger partial charge in [0.2, 0.25) is 0 Å². The van der Waals surface area contributed by atoms with Gasteiger partial charge in [0.1, 0.15) is 5.75 Å². The summed E-state index contributed by atoms with van der Waals surface area (Å²) in [5.74, 6) is -0.689. The minimum absolute atomic E-state index is 0.230. The van der Waals surface area contributed by atoms with Crippen molar-refractivity contribution in [2.45, 2.75) is 6.42 Å². The molecule has 2 rings (SSSR count). The summed E-state index contributed by atoms with van der Waals surface area (Å²) in [6.07, 6.45) is 0.654. The first kappa shape index (κ1) is 11.2. The van der Waals surface area contributed by atoms with Crippen LogP contribution in [0.25, 0.3) is 0 Å². The number of carboxylic acids is 1. The molecule has 0 aliphatic rings. The second-order valence-electron chi connectivity index (χ2n) is 3.85. The molecule has 17 heavy (non-hydrogen) atoms. The van der Waals surface area contributed by atoms with Crippen LogP contribution in [-0.4, -0.2) is 16.2 Å². The van der Waals surface area contributed by atoms with Gasteiger partial charge in [-0.15, -0.1) is 0 Å². The highest BCUT2D eigenvalue weighted by molar-refractivity contribution is 5.87. The molecule has 3 heteroatoms. The SMILES string of the molecule is O=C(O)c1cccc(Cc2ccc(O)cc2)c1. The van der Waals surface area contributed by atoms with Gasteiger partial charge in [-0.1, -0.05) is 24.3 Å². The summed E-state index contributed by atoms with van der Waals surface area (Å²) in [7, 11) is 0. The Hall–Kier alpha value is -2.29. The van der Waals surface area contributed by atoms with Crippen LogP contribution in [0.5, 0.6) is 5.75 Å². The monoisotopic (exact) mass is 228 g/mol. The molecular weight excluding hydrogens is 216 g/mol. The Morgan fingerprint density at radius 1 is 1.00 bits per heavy atom. The van der Waals surface area contributed by atoms with E-state index >= 15 is 0 Å². The van der Waals surface area contributed by atoms with Gasteiger partial charge in [-0.25, -0.2) is 4.79 Å². The van der Waals surface area contributed by atoms with Crippen LogP contribution in [-0.2, 0) is 6.42 Å². The minimum atomic E-state index is -0.919. The van der Waals surface area contributed by atoms with E-state index in [1.165, 1.54) is 0 Å². The predicted octanol–water partition coefficient (Wildman–Crippen LogP) is 2.68. The van der Waals surface area contributed by atoms with Crippen LogP contribution in [0.2, 0.25) is 0 Å². The molecule has 0 saturated carbocycles. The van der Waals surface area contributed by atoms with E-state index in [0.29, 0.717) is 12.0 Å². The van der Waals surface area contributed by atoms with Crippen molar-refractivity contribution in [1.29, 1.82) is 0 Å². The van der Waals surface area contributed by atoms with Gasteiger partial charge in [-0.3, -0.25) is 0 Å². The molecule has 0 heterocycles. The van der Waals surface area contributed by atoms with Gasteiger partial charge < -0.3 is 10.2 Å². The third kappa shape index (κ3) is 2.84. The zero-order chi connectivity index (χ0) is 12.3. The Labute approximate surface area is 99.0 Å². The molecule has 0 bridgehead atoms. The molecule has 0 fully saturated rings. The van der Waals surface area contributed by atoms with E-state index < -0.39 is 5.97 Å². The number of aromatic hydroxyl groups is 1. The Kier molecular flexibility index (Phi) is 3.10. The number of hydrogen-bond donors (Lipinski definition) is 2. The minimum Gasteiger partial charge on any atom is -0.508 e. The molecule has 0 aromatic heterocycles. The van der Waals surface area contributed by atoms with Crippen molar-refractivity contribution in [3.8, 4) is 5.75 Å². The van der Waals surface area contributed by atoms with Crippen LogP contribution < -0.4 is 0 Å². The van der Waals surface area contributed by atoms with Crippen LogP contribution in [0.4, 0.5) is 0 Å². The van der Waals surface area contributed by atoms with E-state index in [4.69, 9.17) is 10.2 Å². The first-order valence-corrected chi connectivity index (χ1v) is 5.25. The molecule has 0 aliphatic heterocycles. The summed E-state index contributed by atoms with van der Waals surface area (Å²) in [5, 5.41) is 18.0. The molecule has 0 atom stereocenters. The molecule has 0 spiro atoms. The lowest BCUT2D eigenvalue weighted by Crippen LogP contribution is -1.97. The summed E-state index contributed by atoms with van der Waals surface area (Å²) < 4.78 is 0. The number of carboxylic acid groups (broad SMARTS) is 1. The second-order valence-corrected chi connectivity index (χ2v) is 3.85. The first-order chi connectivity index (χ1) is 8.15. The quantitative estimate of drug-likeness (QED) is 0.849. The first-order valence-electron chi connectivity index (χ1n) is 5.25. The van der Waals surface area contributed by atoms with Crippen LogP contribution in [0.15, 0.2) is 48.5 Å². The number of carbonyl (C=O) groups is 1. The van der Waals surface area contributed by atoms with E-state index in [2.05, 4.69) is 0 Å². The van der Waals surface area contributed by atoms with Gasteiger partial charge >= 0.3 is 5.97 Å². The Bertz CT molecular complexity index is 529. The zero-order valence-electron chi connectivity index (χ0n) is 9.13. The Morgan fingerprint density at radius 3 is 2.35 bits per heavy atom. The van der Waals surface area contributed by atoms with Crippen molar-refractivity contribution in [2.24, 2.45) is 0 Å². The summed E-state index contributed by atoms with van der Waals surface area (Å²) >= 11 is 0. The molecular formula is C14H12O3. The lowest BCUT2D eigenvalue weighted by molar-refractivity contribution is 0.0697. The van der Waals surface area contributed by atoms with Crippen LogP contribution in [0, 0.1) is 0 Å². The average Bonchev–Trinajstić information content (AvgIpc) is 2.32. The Balaban J connectivity index is 2.21. The maximum Gasteiger partial charge on any atom is 0.335 e. The van der Waals surface area contributed by atoms with E-state index in [1.54, 1.807) is 30.3 Å². The number of aromatic carboxylic acids is 1. The topological polar surface area (TPSA) is 57.5 Å².